The Bertz CT molecular complexity index is 1480. The third-order valence-electron chi connectivity index (χ3n) is 5.39. The van der Waals surface area contributed by atoms with Gasteiger partial charge in [-0.1, -0.05) is 23.8 Å². The van der Waals surface area contributed by atoms with Crippen molar-refractivity contribution < 1.29 is 4.39 Å². The van der Waals surface area contributed by atoms with Crippen LogP contribution in [0.4, 0.5) is 10.2 Å². The standard InChI is InChI=1S/C24H21FN8/c1-15(2)32-12-11-19(30-32)24-23(18-8-10-21-27-14-22(26-3)33(21)31-18)28-20(29-24)9-7-16-5-4-6-17(25)13-16/h4-6,8,10-15H,7,9H2,1-2H3,(H,28,29). The highest BCUT2D eigenvalue weighted by Crippen LogP contribution is 2.29. The zero-order chi connectivity index (χ0) is 22.9. The maximum atomic E-state index is 13.6. The minimum atomic E-state index is -0.249. The van der Waals surface area contributed by atoms with Crippen molar-refractivity contribution in [1.82, 2.24) is 34.3 Å². The van der Waals surface area contributed by atoms with Crippen LogP contribution in [0.15, 0.2) is 54.9 Å². The first-order valence-electron chi connectivity index (χ1n) is 10.6. The number of H-pyrrole nitrogens is 1. The van der Waals surface area contributed by atoms with Crippen LogP contribution in [0.1, 0.15) is 31.3 Å². The molecule has 33 heavy (non-hydrogen) atoms. The van der Waals surface area contributed by atoms with Gasteiger partial charge in [-0.05, 0) is 50.1 Å². The Morgan fingerprint density at radius 1 is 1.09 bits per heavy atom. The molecule has 1 aromatic carbocycles. The van der Waals surface area contributed by atoms with Gasteiger partial charge < -0.3 is 9.83 Å². The van der Waals surface area contributed by atoms with Crippen molar-refractivity contribution in [2.24, 2.45) is 0 Å². The molecule has 5 aromatic rings. The topological polar surface area (TPSA) is 81.0 Å². The van der Waals surface area contributed by atoms with Crippen LogP contribution in [0.5, 0.6) is 0 Å². The highest BCUT2D eigenvalue weighted by molar-refractivity contribution is 5.75. The zero-order valence-electron chi connectivity index (χ0n) is 18.2. The maximum Gasteiger partial charge on any atom is 0.275 e. The van der Waals surface area contributed by atoms with Gasteiger partial charge in [0.25, 0.3) is 5.82 Å². The van der Waals surface area contributed by atoms with E-state index in [1.54, 1.807) is 6.07 Å². The predicted molar refractivity (Wildman–Crippen MR) is 122 cm³/mol. The second-order valence-corrected chi connectivity index (χ2v) is 8.03. The number of imidazole rings is 2. The summed E-state index contributed by atoms with van der Waals surface area (Å²) < 4.78 is 17.0. The molecule has 4 aromatic heterocycles. The zero-order valence-corrected chi connectivity index (χ0v) is 18.2. The molecule has 0 aliphatic rings. The van der Waals surface area contributed by atoms with Crippen molar-refractivity contribution in [1.29, 1.82) is 0 Å². The van der Waals surface area contributed by atoms with Gasteiger partial charge in [-0.2, -0.15) is 5.10 Å². The van der Waals surface area contributed by atoms with Crippen LogP contribution < -0.4 is 0 Å². The molecule has 9 heteroatoms. The van der Waals surface area contributed by atoms with Crippen molar-refractivity contribution in [3.05, 3.63) is 83.5 Å². The minimum Gasteiger partial charge on any atom is -0.360 e. The monoisotopic (exact) mass is 440 g/mol. The van der Waals surface area contributed by atoms with Crippen LogP contribution in [0.3, 0.4) is 0 Å². The molecule has 0 saturated carbocycles. The number of hydrogen-bond donors (Lipinski definition) is 1. The first-order valence-corrected chi connectivity index (χ1v) is 10.6. The fourth-order valence-electron chi connectivity index (χ4n) is 3.69. The molecule has 0 fully saturated rings. The molecule has 0 saturated heterocycles. The minimum absolute atomic E-state index is 0.221. The summed E-state index contributed by atoms with van der Waals surface area (Å²) in [5.74, 6) is 0.835. The van der Waals surface area contributed by atoms with Crippen LogP contribution in [0.25, 0.3) is 33.3 Å². The number of hydrogen-bond acceptors (Lipinski definition) is 4. The van der Waals surface area contributed by atoms with E-state index in [0.29, 0.717) is 35.7 Å². The van der Waals surface area contributed by atoms with E-state index in [1.165, 1.54) is 22.8 Å². The summed E-state index contributed by atoms with van der Waals surface area (Å²) >= 11 is 0. The van der Waals surface area contributed by atoms with E-state index >= 15 is 0 Å². The summed E-state index contributed by atoms with van der Waals surface area (Å²) in [5.41, 5.74) is 4.24. The Labute approximate surface area is 189 Å². The first kappa shape index (κ1) is 20.6. The van der Waals surface area contributed by atoms with Crippen molar-refractivity contribution in [3.8, 4) is 22.8 Å². The lowest BCUT2D eigenvalue weighted by Crippen LogP contribution is -2.01. The smallest absolute Gasteiger partial charge is 0.275 e. The largest absolute Gasteiger partial charge is 0.360 e. The average Bonchev–Trinajstić information content (AvgIpc) is 3.55. The summed E-state index contributed by atoms with van der Waals surface area (Å²) in [6.45, 7) is 11.5. The number of rotatable bonds is 6. The number of aromatic nitrogens is 7. The number of benzene rings is 1. The van der Waals surface area contributed by atoms with Crippen LogP contribution in [-0.4, -0.2) is 34.3 Å². The van der Waals surface area contributed by atoms with Crippen molar-refractivity contribution >= 4 is 11.5 Å². The van der Waals surface area contributed by atoms with Gasteiger partial charge in [0.1, 0.15) is 28.7 Å². The molecular weight excluding hydrogens is 419 g/mol. The van der Waals surface area contributed by atoms with Gasteiger partial charge in [0.2, 0.25) is 5.65 Å². The summed E-state index contributed by atoms with van der Waals surface area (Å²) in [7, 11) is 0. The molecule has 0 unspecified atom stereocenters. The quantitative estimate of drug-likeness (QED) is 0.375. The molecule has 4 heterocycles. The molecule has 0 radical (unpaired) electrons. The second kappa shape index (κ2) is 8.31. The first-order chi connectivity index (χ1) is 16.0. The van der Waals surface area contributed by atoms with Crippen LogP contribution in [-0.2, 0) is 12.8 Å². The van der Waals surface area contributed by atoms with Crippen molar-refractivity contribution in [3.63, 3.8) is 0 Å². The highest BCUT2D eigenvalue weighted by atomic mass is 19.1. The molecule has 0 spiro atoms. The Morgan fingerprint density at radius 2 is 1.97 bits per heavy atom. The average molecular weight is 440 g/mol. The SMILES string of the molecule is [C-]#[N+]c1cnc2ccc(-c3nc(CCc4cccc(F)c4)[nH]c3-c3ccn(C(C)C)n3)nn12. The van der Waals surface area contributed by atoms with Gasteiger partial charge in [0, 0.05) is 24.7 Å². The third-order valence-corrected chi connectivity index (χ3v) is 5.39. The van der Waals surface area contributed by atoms with Crippen molar-refractivity contribution in [2.75, 3.05) is 0 Å². The Hall–Kier alpha value is -4.32. The number of nitrogens with zero attached hydrogens (tertiary/aromatic N) is 7. The maximum absolute atomic E-state index is 13.6. The molecule has 0 aliphatic heterocycles. The van der Waals surface area contributed by atoms with E-state index < -0.39 is 0 Å². The Balaban J connectivity index is 1.56. The molecule has 0 atom stereocenters. The lowest BCUT2D eigenvalue weighted by atomic mass is 10.1. The summed E-state index contributed by atoms with van der Waals surface area (Å²) in [6, 6.07) is 12.4. The third kappa shape index (κ3) is 3.99. The molecule has 1 N–H and O–H groups in total. The molecule has 0 amide bonds. The van der Waals surface area contributed by atoms with E-state index in [4.69, 9.17) is 16.7 Å². The summed E-state index contributed by atoms with van der Waals surface area (Å²) in [4.78, 5) is 15.9. The lowest BCUT2D eigenvalue weighted by Gasteiger charge is -2.04. The number of halogens is 1. The molecule has 164 valence electrons. The van der Waals surface area contributed by atoms with Gasteiger partial charge in [-0.15, -0.1) is 4.52 Å². The molecule has 0 bridgehead atoms. The molecule has 0 aliphatic carbocycles. The van der Waals surface area contributed by atoms with E-state index in [9.17, 15) is 4.39 Å². The number of nitrogens with one attached hydrogen (secondary N) is 1. The number of aromatic amines is 1. The van der Waals surface area contributed by atoms with Crippen molar-refractivity contribution in [2.45, 2.75) is 32.7 Å². The number of aryl methyl sites for hydroxylation is 2. The van der Waals surface area contributed by atoms with Crippen LogP contribution in [0, 0.1) is 12.4 Å². The molecule has 5 rings (SSSR count). The van der Waals surface area contributed by atoms with Gasteiger partial charge in [0.05, 0.1) is 11.9 Å². The fourth-order valence-corrected chi connectivity index (χ4v) is 3.69. The van der Waals surface area contributed by atoms with E-state index in [0.717, 1.165) is 22.8 Å². The van der Waals surface area contributed by atoms with Crippen LogP contribution in [0.2, 0.25) is 0 Å². The molecular formula is C24H21FN8. The van der Waals surface area contributed by atoms with E-state index in [2.05, 4.69) is 33.8 Å². The lowest BCUT2D eigenvalue weighted by molar-refractivity contribution is 0.534. The normalized spacial score (nSPS) is 11.4. The van der Waals surface area contributed by atoms with Gasteiger partial charge >= 0.3 is 0 Å². The van der Waals surface area contributed by atoms with Gasteiger partial charge in [-0.3, -0.25) is 4.68 Å². The summed E-state index contributed by atoms with van der Waals surface area (Å²) in [6.07, 6.45) is 4.67. The predicted octanol–water partition coefficient (Wildman–Crippen LogP) is 5.04. The highest BCUT2D eigenvalue weighted by Gasteiger charge is 2.20. The van der Waals surface area contributed by atoms with Gasteiger partial charge in [-0.25, -0.2) is 14.4 Å². The van der Waals surface area contributed by atoms with Crippen LogP contribution >= 0.6 is 0 Å². The Morgan fingerprint density at radius 3 is 2.73 bits per heavy atom. The fraction of sp³-hybridized carbons (Fsp3) is 0.208. The van der Waals surface area contributed by atoms with Gasteiger partial charge in [0.15, 0.2) is 0 Å². The van der Waals surface area contributed by atoms with E-state index in [-0.39, 0.29) is 11.9 Å². The second-order valence-electron chi connectivity index (χ2n) is 8.03. The molecule has 8 nitrogen and oxygen atoms in total. The van der Waals surface area contributed by atoms with E-state index in [1.807, 2.05) is 35.1 Å². The summed E-state index contributed by atoms with van der Waals surface area (Å²) in [5, 5.41) is 9.32. The number of fused-ring (bicyclic) bond motifs is 1. The Kier molecular flexibility index (Phi) is 5.18.